The average molecular weight is 769 g/mol. The zero-order valence-corrected chi connectivity index (χ0v) is 37.2. The summed E-state index contributed by atoms with van der Waals surface area (Å²) in [4.78, 5) is 20.6. The molecule has 0 aliphatic rings. The molecule has 326 valence electrons. The summed E-state index contributed by atoms with van der Waals surface area (Å²) in [6.07, 6.45) is 51.6. The molecule has 0 heterocycles. The van der Waals surface area contributed by atoms with Gasteiger partial charge in [-0.2, -0.15) is 0 Å². The largest absolute Gasteiger partial charge is 0.481 e. The van der Waals surface area contributed by atoms with Gasteiger partial charge in [0, 0.05) is 25.9 Å². The highest BCUT2D eigenvalue weighted by Crippen LogP contribution is 2.15. The fourth-order valence-electron chi connectivity index (χ4n) is 6.91. The molecular weight excluding hydrogens is 669 g/mol. The standard InChI is InChI=1S/C16H36N2.2C16H32O2/c1-2-3-4-5-6-7-8-9-10-11-12-13-15-18-16-14-17;2*1-2-3-4-5-6-7-8-9-10-11-12-13-14-15-16(17)18/h18H,2-17H2,1H3;2*2-15H2,1H3,(H,17,18). The number of rotatable bonds is 43. The van der Waals surface area contributed by atoms with Crippen molar-refractivity contribution in [1.29, 1.82) is 0 Å². The van der Waals surface area contributed by atoms with Gasteiger partial charge in [-0.3, -0.25) is 9.59 Å². The van der Waals surface area contributed by atoms with Crippen LogP contribution in [0, 0.1) is 0 Å². The summed E-state index contributed by atoms with van der Waals surface area (Å²) in [5.74, 6) is -1.31. The Morgan fingerprint density at radius 2 is 0.537 bits per heavy atom. The van der Waals surface area contributed by atoms with E-state index in [2.05, 4.69) is 26.1 Å². The van der Waals surface area contributed by atoms with E-state index in [4.69, 9.17) is 15.9 Å². The molecule has 0 rings (SSSR count). The molecule has 0 atom stereocenters. The summed E-state index contributed by atoms with van der Waals surface area (Å²) in [5.41, 5.74) is 5.41. The van der Waals surface area contributed by atoms with Crippen LogP contribution in [0.3, 0.4) is 0 Å². The number of nitrogens with two attached hydrogens (primary N) is 1. The normalized spacial score (nSPS) is 10.8. The third kappa shape index (κ3) is 65.7. The second-order valence-corrected chi connectivity index (χ2v) is 16.2. The highest BCUT2D eigenvalue weighted by atomic mass is 16.4. The van der Waals surface area contributed by atoms with Crippen molar-refractivity contribution in [1.82, 2.24) is 5.32 Å². The van der Waals surface area contributed by atoms with Crippen molar-refractivity contribution in [3.63, 3.8) is 0 Å². The van der Waals surface area contributed by atoms with E-state index < -0.39 is 11.9 Å². The predicted octanol–water partition coefficient (Wildman–Crippen LogP) is 15.3. The van der Waals surface area contributed by atoms with Gasteiger partial charge in [0.25, 0.3) is 0 Å². The Kier molecular flexibility index (Phi) is 59.5. The van der Waals surface area contributed by atoms with Gasteiger partial charge in [-0.05, 0) is 25.8 Å². The third-order valence-electron chi connectivity index (χ3n) is 10.5. The molecule has 0 aromatic rings. The van der Waals surface area contributed by atoms with Crippen LogP contribution in [0.2, 0.25) is 0 Å². The maximum Gasteiger partial charge on any atom is 0.303 e. The molecule has 54 heavy (non-hydrogen) atoms. The molecule has 0 aromatic carbocycles. The molecule has 0 aliphatic carbocycles. The Balaban J connectivity index is -0.000000722. The number of hydrogen-bond acceptors (Lipinski definition) is 4. The predicted molar refractivity (Wildman–Crippen MR) is 239 cm³/mol. The molecule has 0 amide bonds. The van der Waals surface area contributed by atoms with Crippen LogP contribution in [0.5, 0.6) is 0 Å². The van der Waals surface area contributed by atoms with E-state index in [0.29, 0.717) is 12.8 Å². The summed E-state index contributed by atoms with van der Waals surface area (Å²) in [6, 6.07) is 0. The summed E-state index contributed by atoms with van der Waals surface area (Å²) in [7, 11) is 0. The lowest BCUT2D eigenvalue weighted by atomic mass is 10.0. The molecular formula is C48H100N2O4. The van der Waals surface area contributed by atoms with Crippen molar-refractivity contribution < 1.29 is 19.8 Å². The lowest BCUT2D eigenvalue weighted by Gasteiger charge is -2.04. The fraction of sp³-hybridized carbons (Fsp3) is 0.958. The van der Waals surface area contributed by atoms with Gasteiger partial charge in [-0.25, -0.2) is 0 Å². The van der Waals surface area contributed by atoms with Crippen LogP contribution in [0.15, 0.2) is 0 Å². The van der Waals surface area contributed by atoms with Crippen molar-refractivity contribution in [2.24, 2.45) is 5.73 Å². The molecule has 0 unspecified atom stereocenters. The molecule has 5 N–H and O–H groups in total. The minimum absolute atomic E-state index is 0.345. The van der Waals surface area contributed by atoms with Crippen molar-refractivity contribution in [3.8, 4) is 0 Å². The Labute approximate surface area is 339 Å². The second-order valence-electron chi connectivity index (χ2n) is 16.2. The quantitative estimate of drug-likeness (QED) is 0.0460. The SMILES string of the molecule is CCCCCCCCCCCCCCCC(=O)O.CCCCCCCCCCCCCCCC(=O)O.CCCCCCCCCCCCCCNCCN. The van der Waals surface area contributed by atoms with Gasteiger partial charge in [0.05, 0.1) is 0 Å². The molecule has 0 radical (unpaired) electrons. The molecule has 0 saturated heterocycles. The van der Waals surface area contributed by atoms with Crippen LogP contribution in [0.4, 0.5) is 0 Å². The highest BCUT2D eigenvalue weighted by molar-refractivity contribution is 5.66. The van der Waals surface area contributed by atoms with Crippen LogP contribution in [0.25, 0.3) is 0 Å². The Morgan fingerprint density at radius 3 is 0.741 bits per heavy atom. The Bertz CT molecular complexity index is 619. The minimum atomic E-state index is -0.655. The lowest BCUT2D eigenvalue weighted by Crippen LogP contribution is -2.23. The van der Waals surface area contributed by atoms with Gasteiger partial charge in [0.15, 0.2) is 0 Å². The van der Waals surface area contributed by atoms with Crippen molar-refractivity contribution >= 4 is 11.9 Å². The first-order chi connectivity index (χ1) is 26.5. The van der Waals surface area contributed by atoms with Crippen LogP contribution in [-0.2, 0) is 9.59 Å². The smallest absolute Gasteiger partial charge is 0.303 e. The fourth-order valence-corrected chi connectivity index (χ4v) is 6.91. The summed E-state index contributed by atoms with van der Waals surface area (Å²) in [5, 5.41) is 20.3. The minimum Gasteiger partial charge on any atom is -0.481 e. The molecule has 6 heteroatoms. The number of hydrogen-bond donors (Lipinski definition) is 4. The van der Waals surface area contributed by atoms with Crippen molar-refractivity contribution in [2.75, 3.05) is 19.6 Å². The Morgan fingerprint density at radius 1 is 0.333 bits per heavy atom. The van der Waals surface area contributed by atoms with E-state index in [9.17, 15) is 9.59 Å². The van der Waals surface area contributed by atoms with Gasteiger partial charge in [0.1, 0.15) is 0 Å². The first-order valence-electron chi connectivity index (χ1n) is 24.3. The second kappa shape index (κ2) is 56.2. The van der Waals surface area contributed by atoms with Gasteiger partial charge in [0.2, 0.25) is 0 Å². The average Bonchev–Trinajstić information content (AvgIpc) is 3.16. The van der Waals surface area contributed by atoms with Crippen molar-refractivity contribution in [2.45, 2.75) is 278 Å². The topological polar surface area (TPSA) is 113 Å². The summed E-state index contributed by atoms with van der Waals surface area (Å²) >= 11 is 0. The van der Waals surface area contributed by atoms with Gasteiger partial charge >= 0.3 is 11.9 Å². The first-order valence-corrected chi connectivity index (χ1v) is 24.3. The van der Waals surface area contributed by atoms with Crippen LogP contribution in [0.1, 0.15) is 278 Å². The molecule has 0 aromatic heterocycles. The molecule has 0 spiro atoms. The van der Waals surface area contributed by atoms with E-state index in [0.717, 1.165) is 45.3 Å². The van der Waals surface area contributed by atoms with Crippen LogP contribution in [-0.4, -0.2) is 41.8 Å². The first kappa shape index (κ1) is 57.2. The zero-order chi connectivity index (χ0) is 40.3. The molecule has 6 nitrogen and oxygen atoms in total. The monoisotopic (exact) mass is 769 g/mol. The lowest BCUT2D eigenvalue weighted by molar-refractivity contribution is -0.138. The number of carbonyl (C=O) groups is 2. The van der Waals surface area contributed by atoms with E-state index in [1.807, 2.05) is 0 Å². The number of carboxylic acid groups (broad SMARTS) is 2. The van der Waals surface area contributed by atoms with Crippen LogP contribution < -0.4 is 11.1 Å². The number of nitrogens with one attached hydrogen (secondary N) is 1. The van der Waals surface area contributed by atoms with E-state index in [1.165, 1.54) is 218 Å². The maximum atomic E-state index is 10.3. The van der Waals surface area contributed by atoms with Crippen molar-refractivity contribution in [3.05, 3.63) is 0 Å². The van der Waals surface area contributed by atoms with Gasteiger partial charge in [-0.15, -0.1) is 0 Å². The highest BCUT2D eigenvalue weighted by Gasteiger charge is 1.99. The van der Waals surface area contributed by atoms with Gasteiger partial charge < -0.3 is 21.3 Å². The number of unbranched alkanes of at least 4 members (excludes halogenated alkanes) is 35. The maximum absolute atomic E-state index is 10.3. The van der Waals surface area contributed by atoms with Gasteiger partial charge in [-0.1, -0.05) is 245 Å². The number of carboxylic acids is 2. The zero-order valence-electron chi connectivity index (χ0n) is 37.2. The molecule has 0 aliphatic heterocycles. The van der Waals surface area contributed by atoms with E-state index >= 15 is 0 Å². The van der Waals surface area contributed by atoms with E-state index in [-0.39, 0.29) is 0 Å². The number of aliphatic carboxylic acids is 2. The molecule has 0 saturated carbocycles. The summed E-state index contributed by atoms with van der Waals surface area (Å²) in [6.45, 7) is 9.68. The molecule has 0 bridgehead atoms. The Hall–Kier alpha value is -1.14. The van der Waals surface area contributed by atoms with Crippen LogP contribution >= 0.6 is 0 Å². The van der Waals surface area contributed by atoms with E-state index in [1.54, 1.807) is 0 Å². The molecule has 0 fully saturated rings. The summed E-state index contributed by atoms with van der Waals surface area (Å²) < 4.78 is 0. The third-order valence-corrected chi connectivity index (χ3v) is 10.5.